The third-order valence-corrected chi connectivity index (χ3v) is 11.6. The summed E-state index contributed by atoms with van der Waals surface area (Å²) >= 11 is 0. The maximum Gasteiger partial charge on any atom is 0.394 e. The van der Waals surface area contributed by atoms with Gasteiger partial charge in [0.05, 0.1) is 37.5 Å². The molecule has 8 unspecified atom stereocenters. The van der Waals surface area contributed by atoms with Crippen LogP contribution in [0.1, 0.15) is 49.0 Å². The van der Waals surface area contributed by atoms with Crippen LogP contribution in [0.2, 0.25) is 0 Å². The summed E-state index contributed by atoms with van der Waals surface area (Å²) in [4.78, 5) is 13.7. The summed E-state index contributed by atoms with van der Waals surface area (Å²) in [6.45, 7) is 12.1. The van der Waals surface area contributed by atoms with Crippen LogP contribution in [0.25, 0.3) is 21.8 Å². The molecular formula is C40H54N4O10S. The zero-order valence-electron chi connectivity index (χ0n) is 31.2. The number of rotatable bonds is 8. The van der Waals surface area contributed by atoms with Gasteiger partial charge in [-0.1, -0.05) is 12.2 Å². The van der Waals surface area contributed by atoms with E-state index in [2.05, 4.69) is 45.1 Å². The normalized spacial score (nSPS) is 27.5. The molecule has 10 atom stereocenters. The summed E-state index contributed by atoms with van der Waals surface area (Å²) < 4.78 is 42.3. The van der Waals surface area contributed by atoms with Crippen molar-refractivity contribution in [2.45, 2.75) is 50.0 Å². The van der Waals surface area contributed by atoms with E-state index < -0.39 is 22.6 Å². The van der Waals surface area contributed by atoms with Crippen LogP contribution < -0.4 is 9.47 Å². The molecule has 0 radical (unpaired) electrons. The fourth-order valence-electron chi connectivity index (χ4n) is 8.89. The van der Waals surface area contributed by atoms with Gasteiger partial charge < -0.3 is 30.6 Å². The molecule has 0 amide bonds. The highest BCUT2D eigenvalue weighted by molar-refractivity contribution is 7.79. The van der Waals surface area contributed by atoms with E-state index >= 15 is 0 Å². The Kier molecular flexibility index (Phi) is 14.9. The van der Waals surface area contributed by atoms with E-state index in [4.69, 9.17) is 27.0 Å². The molecule has 14 nitrogen and oxygen atoms in total. The number of benzene rings is 2. The summed E-state index contributed by atoms with van der Waals surface area (Å²) in [5.74, 6) is 4.01. The van der Waals surface area contributed by atoms with Crippen molar-refractivity contribution in [1.82, 2.24) is 19.8 Å². The smallest absolute Gasteiger partial charge is 0.394 e. The zero-order chi connectivity index (χ0) is 37.9. The highest BCUT2D eigenvalue weighted by Crippen LogP contribution is 2.43. The van der Waals surface area contributed by atoms with Crippen LogP contribution in [0.4, 0.5) is 0 Å². The van der Waals surface area contributed by atoms with Gasteiger partial charge in [-0.25, -0.2) is 0 Å². The van der Waals surface area contributed by atoms with Crippen LogP contribution in [-0.4, -0.2) is 111 Å². The molecule has 2 aromatic carbocycles. The number of pyridine rings is 2. The number of nitrogens with zero attached hydrogens (tertiary/aromatic N) is 4. The highest BCUT2D eigenvalue weighted by Gasteiger charge is 2.43. The fourth-order valence-corrected chi connectivity index (χ4v) is 8.89. The Balaban J connectivity index is 0.000000211. The summed E-state index contributed by atoms with van der Waals surface area (Å²) in [6, 6.07) is 15.9. The van der Waals surface area contributed by atoms with Gasteiger partial charge in [0.15, 0.2) is 0 Å². The number of aliphatic hydroxyl groups excluding tert-OH is 2. The van der Waals surface area contributed by atoms with Gasteiger partial charge in [-0.3, -0.25) is 28.9 Å². The molecule has 6 aliphatic heterocycles. The number of hydrogen-bond donors (Lipinski definition) is 4. The van der Waals surface area contributed by atoms with Crippen molar-refractivity contribution in [3.8, 4) is 11.5 Å². The average molecular weight is 783 g/mol. The molecular weight excluding hydrogens is 729 g/mol. The Morgan fingerprint density at radius 3 is 1.42 bits per heavy atom. The van der Waals surface area contributed by atoms with E-state index in [0.29, 0.717) is 23.7 Å². The van der Waals surface area contributed by atoms with Gasteiger partial charge in [0.2, 0.25) is 0 Å². The summed E-state index contributed by atoms with van der Waals surface area (Å²) in [5, 5.41) is 24.3. The molecule has 8 N–H and O–H groups in total. The molecule has 6 saturated heterocycles. The maximum absolute atomic E-state index is 11.2. The Morgan fingerprint density at radius 1 is 0.727 bits per heavy atom. The van der Waals surface area contributed by atoms with Gasteiger partial charge in [-0.2, -0.15) is 8.42 Å². The lowest BCUT2D eigenvalue weighted by Crippen LogP contribution is -2.54. The third-order valence-electron chi connectivity index (χ3n) is 11.6. The number of methoxy groups -OCH3 is 2. The first-order chi connectivity index (χ1) is 25.4. The number of aliphatic hydroxyl groups is 2. The lowest BCUT2D eigenvalue weighted by atomic mass is 9.73. The molecule has 8 heterocycles. The molecule has 4 bridgehead atoms. The van der Waals surface area contributed by atoms with Gasteiger partial charge >= 0.3 is 10.4 Å². The van der Waals surface area contributed by atoms with Crippen LogP contribution in [0.3, 0.4) is 0 Å². The molecule has 300 valence electrons. The highest BCUT2D eigenvalue weighted by atomic mass is 32.3. The fraction of sp³-hybridized carbons (Fsp3) is 0.450. The Bertz CT molecular complexity index is 1900. The molecule has 0 aliphatic carbocycles. The Labute approximate surface area is 322 Å². The Morgan fingerprint density at radius 2 is 1.11 bits per heavy atom. The number of fused-ring (bicyclic) bond motifs is 8. The lowest BCUT2D eigenvalue weighted by Gasteiger charge is -2.50. The summed E-state index contributed by atoms with van der Waals surface area (Å²) in [5.41, 5.74) is 3.69. The predicted molar refractivity (Wildman–Crippen MR) is 211 cm³/mol. The van der Waals surface area contributed by atoms with E-state index in [9.17, 15) is 10.2 Å². The number of ether oxygens (including phenoxy) is 2. The van der Waals surface area contributed by atoms with Crippen molar-refractivity contribution in [3.05, 3.63) is 97.4 Å². The zero-order valence-corrected chi connectivity index (χ0v) is 32.1. The monoisotopic (exact) mass is 782 g/mol. The number of hydrogen-bond acceptors (Lipinski definition) is 10. The molecule has 6 aliphatic rings. The van der Waals surface area contributed by atoms with E-state index in [1.807, 2.05) is 48.5 Å². The van der Waals surface area contributed by atoms with Gasteiger partial charge in [0.25, 0.3) is 0 Å². The molecule has 0 saturated carbocycles. The SMILES string of the molecule is C=CC1CN2CCC1CC2[C@@H](O)c1ccnc2ccc(OC)cc12.C=CC1CN2CCC1CC2[C@H](O)c1ccnc2ccc(OC)cc12.O.O.O=S(=O)(O)O. The number of piperidine rings is 6. The molecule has 4 aromatic rings. The van der Waals surface area contributed by atoms with Crippen molar-refractivity contribution in [3.63, 3.8) is 0 Å². The van der Waals surface area contributed by atoms with Crippen LogP contribution in [-0.2, 0) is 10.4 Å². The number of aromatic nitrogens is 2. The van der Waals surface area contributed by atoms with Crippen molar-refractivity contribution < 1.29 is 48.2 Å². The van der Waals surface area contributed by atoms with Crippen LogP contribution in [0.5, 0.6) is 11.5 Å². The minimum absolute atomic E-state index is 0. The molecule has 15 heteroatoms. The molecule has 0 spiro atoms. The minimum atomic E-state index is -4.67. The van der Waals surface area contributed by atoms with Crippen LogP contribution in [0.15, 0.2) is 86.2 Å². The van der Waals surface area contributed by atoms with Crippen molar-refractivity contribution in [2.75, 3.05) is 40.4 Å². The summed E-state index contributed by atoms with van der Waals surface area (Å²) in [6.07, 6.45) is 11.2. The maximum atomic E-state index is 11.2. The second-order valence-electron chi connectivity index (χ2n) is 14.4. The van der Waals surface area contributed by atoms with E-state index in [1.54, 1.807) is 26.6 Å². The van der Waals surface area contributed by atoms with Crippen molar-refractivity contribution in [1.29, 1.82) is 0 Å². The first-order valence-corrected chi connectivity index (χ1v) is 19.5. The lowest BCUT2D eigenvalue weighted by molar-refractivity contribution is -0.0445. The summed E-state index contributed by atoms with van der Waals surface area (Å²) in [7, 11) is -1.34. The predicted octanol–water partition coefficient (Wildman–Crippen LogP) is 4.04. The average Bonchev–Trinajstić information content (AvgIpc) is 3.19. The molecule has 55 heavy (non-hydrogen) atoms. The van der Waals surface area contributed by atoms with Gasteiger partial charge in [-0.15, -0.1) is 13.2 Å². The second-order valence-corrected chi connectivity index (χ2v) is 15.3. The van der Waals surface area contributed by atoms with E-state index in [1.165, 1.54) is 12.8 Å². The topological polar surface area (TPSA) is 229 Å². The molecule has 10 rings (SSSR count). The van der Waals surface area contributed by atoms with Crippen molar-refractivity contribution >= 4 is 32.2 Å². The van der Waals surface area contributed by atoms with Gasteiger partial charge in [0, 0.05) is 48.3 Å². The van der Waals surface area contributed by atoms with Gasteiger partial charge in [-0.05, 0) is 122 Å². The molecule has 6 fully saturated rings. The van der Waals surface area contributed by atoms with E-state index in [-0.39, 0.29) is 23.0 Å². The first-order valence-electron chi connectivity index (χ1n) is 18.1. The quantitative estimate of drug-likeness (QED) is 0.147. The third kappa shape index (κ3) is 9.86. The van der Waals surface area contributed by atoms with Gasteiger partial charge in [0.1, 0.15) is 11.5 Å². The largest absolute Gasteiger partial charge is 0.497 e. The second kappa shape index (κ2) is 18.7. The van der Waals surface area contributed by atoms with Crippen LogP contribution >= 0.6 is 0 Å². The molecule has 2 aromatic heterocycles. The van der Waals surface area contributed by atoms with Crippen molar-refractivity contribution in [2.24, 2.45) is 23.7 Å². The standard InChI is InChI=1S/2C20H24N2O2.H2O4S.2H2O/c2*1-3-13-12-22-9-7-14(13)10-19(22)20(23)16-6-8-21-18-5-4-15(24-2)11-17(16)18;1-5(2,3)4;;/h2*3-6,8,11,13-14,19-20,23H,1,7,9-10,12H2,2H3;(H2,1,2,3,4);2*1H2/t2*13?,14?,19?,20-;;;/m10.../s1. The van der Waals surface area contributed by atoms with E-state index in [0.717, 1.165) is 83.5 Å². The first kappa shape index (κ1) is 43.7. The minimum Gasteiger partial charge on any atom is -0.497 e. The Hall–Kier alpha value is -4.03. The van der Waals surface area contributed by atoms with Crippen LogP contribution in [0, 0.1) is 23.7 Å².